The molecule has 0 unspecified atom stereocenters. The molecule has 4 rings (SSSR count). The molecule has 1 saturated carbocycles. The van der Waals surface area contributed by atoms with E-state index in [9.17, 15) is 0 Å². The average molecular weight is 443 g/mol. The Balaban J connectivity index is 1.45. The number of halogens is 1. The largest absolute Gasteiger partial charge is 0.345 e. The fraction of sp³-hybridized carbons (Fsp3) is 0.333. The molecular weight excluding hydrogens is 420 g/mol. The minimum Gasteiger partial charge on any atom is -0.345 e. The lowest BCUT2D eigenvalue weighted by Crippen LogP contribution is -2.08. The number of thiazole rings is 1. The zero-order valence-corrected chi connectivity index (χ0v) is 18.0. The van der Waals surface area contributed by atoms with E-state index >= 15 is 0 Å². The van der Waals surface area contributed by atoms with Crippen LogP contribution in [0, 0.1) is 13.8 Å². The first-order chi connectivity index (χ1) is 13.1. The van der Waals surface area contributed by atoms with E-state index in [0.29, 0.717) is 6.04 Å². The van der Waals surface area contributed by atoms with Crippen LogP contribution >= 0.6 is 27.3 Å². The number of anilines is 1. The highest BCUT2D eigenvalue weighted by Gasteiger charge is 2.20. The van der Waals surface area contributed by atoms with E-state index in [0.717, 1.165) is 20.9 Å². The van der Waals surface area contributed by atoms with Crippen LogP contribution in [0.3, 0.4) is 0 Å². The van der Waals surface area contributed by atoms with E-state index in [1.807, 2.05) is 23.7 Å². The Morgan fingerprint density at radius 1 is 1.22 bits per heavy atom. The molecule has 3 aromatic rings. The molecule has 0 radical (unpaired) electrons. The van der Waals surface area contributed by atoms with Gasteiger partial charge in [0.1, 0.15) is 0 Å². The highest BCUT2D eigenvalue weighted by molar-refractivity contribution is 9.10. The van der Waals surface area contributed by atoms with Gasteiger partial charge in [0.05, 0.1) is 11.9 Å². The maximum Gasteiger partial charge on any atom is 0.203 e. The van der Waals surface area contributed by atoms with Gasteiger partial charge in [0.2, 0.25) is 5.13 Å². The fourth-order valence-corrected chi connectivity index (χ4v) is 4.83. The van der Waals surface area contributed by atoms with Gasteiger partial charge in [-0.15, -0.1) is 11.3 Å². The van der Waals surface area contributed by atoms with E-state index in [1.54, 1.807) is 11.3 Å². The number of nitrogens with one attached hydrogen (secondary N) is 1. The summed E-state index contributed by atoms with van der Waals surface area (Å²) in [5.41, 5.74) is 8.95. The highest BCUT2D eigenvalue weighted by Crippen LogP contribution is 2.33. The van der Waals surface area contributed by atoms with E-state index in [2.05, 4.69) is 68.1 Å². The molecule has 0 aliphatic heterocycles. The summed E-state index contributed by atoms with van der Waals surface area (Å²) in [7, 11) is 0. The first-order valence-electron chi connectivity index (χ1n) is 9.31. The second-order valence-corrected chi connectivity index (χ2v) is 8.82. The Morgan fingerprint density at radius 2 is 1.96 bits per heavy atom. The van der Waals surface area contributed by atoms with Crippen LogP contribution in [0.2, 0.25) is 0 Å². The fourth-order valence-electron chi connectivity index (χ4n) is 3.89. The Kier molecular flexibility index (Phi) is 5.45. The molecule has 6 heteroatoms. The molecule has 2 aromatic heterocycles. The standard InChI is InChI=1S/C21H23BrN4S/c1-14-11-17(15(2)26(14)19-5-3-4-6-19)12-23-25-21-24-20(13-27-21)16-7-9-18(22)10-8-16/h7-13,19H,3-6H2,1-2H3,(H,24,25). The first kappa shape index (κ1) is 18.4. The zero-order valence-electron chi connectivity index (χ0n) is 15.6. The molecule has 0 amide bonds. The Labute approximate surface area is 172 Å². The molecule has 1 fully saturated rings. The number of benzene rings is 1. The summed E-state index contributed by atoms with van der Waals surface area (Å²) in [6, 6.07) is 11.1. The number of hydrogen-bond acceptors (Lipinski definition) is 4. The number of aromatic nitrogens is 2. The minimum atomic E-state index is 0.660. The van der Waals surface area contributed by atoms with Crippen LogP contribution in [-0.2, 0) is 0 Å². The highest BCUT2D eigenvalue weighted by atomic mass is 79.9. The van der Waals surface area contributed by atoms with Crippen molar-refractivity contribution in [2.24, 2.45) is 5.10 Å². The smallest absolute Gasteiger partial charge is 0.203 e. The molecule has 0 spiro atoms. The van der Waals surface area contributed by atoms with Gasteiger partial charge in [-0.2, -0.15) is 5.10 Å². The molecular formula is C21H23BrN4S. The summed E-state index contributed by atoms with van der Waals surface area (Å²) in [6.07, 6.45) is 7.19. The van der Waals surface area contributed by atoms with E-state index in [4.69, 9.17) is 0 Å². The third kappa shape index (κ3) is 4.01. The molecule has 0 atom stereocenters. The van der Waals surface area contributed by atoms with Gasteiger partial charge in [0.15, 0.2) is 0 Å². The van der Waals surface area contributed by atoms with Crippen molar-refractivity contribution < 1.29 is 0 Å². The second kappa shape index (κ2) is 7.98. The third-order valence-corrected chi connectivity index (χ3v) is 6.50. The molecule has 1 aromatic carbocycles. The van der Waals surface area contributed by atoms with Gasteiger partial charge in [0, 0.05) is 38.4 Å². The minimum absolute atomic E-state index is 0.660. The molecule has 27 heavy (non-hydrogen) atoms. The van der Waals surface area contributed by atoms with Crippen LogP contribution in [0.25, 0.3) is 11.3 Å². The van der Waals surface area contributed by atoms with E-state index < -0.39 is 0 Å². The predicted molar refractivity (Wildman–Crippen MR) is 118 cm³/mol. The maximum atomic E-state index is 4.62. The van der Waals surface area contributed by atoms with Crippen LogP contribution in [0.5, 0.6) is 0 Å². The van der Waals surface area contributed by atoms with Gasteiger partial charge in [-0.25, -0.2) is 4.98 Å². The van der Waals surface area contributed by atoms with Gasteiger partial charge in [-0.1, -0.05) is 40.9 Å². The normalized spacial score (nSPS) is 15.1. The summed E-state index contributed by atoms with van der Waals surface area (Å²) in [5, 5.41) is 7.28. The third-order valence-electron chi connectivity index (χ3n) is 5.22. The summed E-state index contributed by atoms with van der Waals surface area (Å²) in [5.74, 6) is 0. The van der Waals surface area contributed by atoms with Crippen molar-refractivity contribution in [3.05, 3.63) is 57.1 Å². The van der Waals surface area contributed by atoms with Gasteiger partial charge < -0.3 is 4.57 Å². The van der Waals surface area contributed by atoms with E-state index in [-0.39, 0.29) is 0 Å². The van der Waals surface area contributed by atoms with Crippen molar-refractivity contribution in [1.29, 1.82) is 0 Å². The Bertz CT molecular complexity index is 949. The summed E-state index contributed by atoms with van der Waals surface area (Å²) >= 11 is 5.03. The van der Waals surface area contributed by atoms with Gasteiger partial charge in [-0.3, -0.25) is 5.43 Å². The second-order valence-electron chi connectivity index (χ2n) is 7.05. The van der Waals surface area contributed by atoms with Crippen molar-refractivity contribution in [2.75, 3.05) is 5.43 Å². The lowest BCUT2D eigenvalue weighted by Gasteiger charge is -2.17. The molecule has 0 bridgehead atoms. The number of aryl methyl sites for hydroxylation is 1. The number of nitrogens with zero attached hydrogens (tertiary/aromatic N) is 3. The number of hydrazone groups is 1. The summed E-state index contributed by atoms with van der Waals surface area (Å²) < 4.78 is 3.56. The molecule has 2 heterocycles. The first-order valence-corrected chi connectivity index (χ1v) is 11.0. The van der Waals surface area contributed by atoms with Crippen molar-refractivity contribution in [3.8, 4) is 11.3 Å². The van der Waals surface area contributed by atoms with Gasteiger partial charge in [0.25, 0.3) is 0 Å². The van der Waals surface area contributed by atoms with E-state index in [1.165, 1.54) is 42.6 Å². The predicted octanol–water partition coefficient (Wildman–Crippen LogP) is 6.55. The van der Waals surface area contributed by atoms with Crippen molar-refractivity contribution in [3.63, 3.8) is 0 Å². The van der Waals surface area contributed by atoms with Crippen LogP contribution in [0.15, 0.2) is 45.3 Å². The average Bonchev–Trinajstić information content (AvgIpc) is 3.38. The molecule has 1 aliphatic carbocycles. The topological polar surface area (TPSA) is 42.2 Å². The van der Waals surface area contributed by atoms with Crippen molar-refractivity contribution in [2.45, 2.75) is 45.6 Å². The van der Waals surface area contributed by atoms with Gasteiger partial charge in [-0.05, 0) is 44.9 Å². The summed E-state index contributed by atoms with van der Waals surface area (Å²) in [4.78, 5) is 4.62. The monoisotopic (exact) mass is 442 g/mol. The molecule has 0 saturated heterocycles. The maximum absolute atomic E-state index is 4.62. The lowest BCUT2D eigenvalue weighted by atomic mass is 10.2. The van der Waals surface area contributed by atoms with Crippen molar-refractivity contribution >= 4 is 38.6 Å². The molecule has 4 nitrogen and oxygen atoms in total. The SMILES string of the molecule is Cc1cc(C=NNc2nc(-c3ccc(Br)cc3)cs2)c(C)n1C1CCCC1. The van der Waals surface area contributed by atoms with Crippen LogP contribution in [-0.4, -0.2) is 15.8 Å². The Hall–Kier alpha value is -1.92. The van der Waals surface area contributed by atoms with Crippen molar-refractivity contribution in [1.82, 2.24) is 9.55 Å². The quantitative estimate of drug-likeness (QED) is 0.359. The number of hydrogen-bond donors (Lipinski definition) is 1. The lowest BCUT2D eigenvalue weighted by molar-refractivity contribution is 0.500. The number of rotatable bonds is 5. The zero-order chi connectivity index (χ0) is 18.8. The van der Waals surface area contributed by atoms with Crippen LogP contribution in [0.1, 0.15) is 48.7 Å². The molecule has 1 aliphatic rings. The Morgan fingerprint density at radius 3 is 2.70 bits per heavy atom. The van der Waals surface area contributed by atoms with Gasteiger partial charge >= 0.3 is 0 Å². The van der Waals surface area contributed by atoms with Crippen LogP contribution < -0.4 is 5.43 Å². The van der Waals surface area contributed by atoms with Crippen LogP contribution in [0.4, 0.5) is 5.13 Å². The molecule has 1 N–H and O–H groups in total. The molecule has 140 valence electrons. The summed E-state index contributed by atoms with van der Waals surface area (Å²) in [6.45, 7) is 4.39.